The first-order chi connectivity index (χ1) is 11.6. The van der Waals surface area contributed by atoms with Gasteiger partial charge in [-0.25, -0.2) is 9.13 Å². The van der Waals surface area contributed by atoms with E-state index in [0.29, 0.717) is 6.42 Å². The number of carboxylic acids is 1. The molecular formula is C20H36N2O2. The lowest BCUT2D eigenvalue weighted by Crippen LogP contribution is -2.32. The molecule has 0 spiro atoms. The first-order valence-electron chi connectivity index (χ1n) is 9.88. The first-order valence-corrected chi connectivity index (χ1v) is 9.88. The third kappa shape index (κ3) is 9.09. The Bertz CT molecular complexity index is 454. The summed E-state index contributed by atoms with van der Waals surface area (Å²) in [4.78, 5) is 10.5. The summed E-state index contributed by atoms with van der Waals surface area (Å²) < 4.78 is 4.35. The molecule has 0 aromatic carbocycles. The van der Waals surface area contributed by atoms with E-state index >= 15 is 0 Å². The Morgan fingerprint density at radius 1 is 1.00 bits per heavy atom. The molecule has 4 nitrogen and oxygen atoms in total. The van der Waals surface area contributed by atoms with Gasteiger partial charge in [-0.2, -0.15) is 0 Å². The van der Waals surface area contributed by atoms with Gasteiger partial charge in [-0.05, 0) is 19.3 Å². The van der Waals surface area contributed by atoms with Crippen molar-refractivity contribution in [1.82, 2.24) is 4.57 Å². The Morgan fingerprint density at radius 2 is 1.58 bits per heavy atom. The molecule has 0 radical (unpaired) electrons. The molecule has 4 heteroatoms. The second-order valence-electron chi connectivity index (χ2n) is 6.93. The number of carbonyl (C=O) groups excluding carboxylic acids is 1. The van der Waals surface area contributed by atoms with Crippen molar-refractivity contribution in [3.8, 4) is 0 Å². The summed E-state index contributed by atoms with van der Waals surface area (Å²) in [5.41, 5.74) is 0. The van der Waals surface area contributed by atoms with Crippen molar-refractivity contribution in [2.45, 2.75) is 96.9 Å². The highest BCUT2D eigenvalue weighted by Gasteiger charge is 2.13. The number of hydrogen-bond donors (Lipinski definition) is 0. The molecule has 1 heterocycles. The van der Waals surface area contributed by atoms with Gasteiger partial charge in [-0.3, -0.25) is 0 Å². The highest BCUT2D eigenvalue weighted by molar-refractivity contribution is 5.64. The molecule has 0 fully saturated rings. The number of rotatable bonds is 15. The lowest BCUT2D eigenvalue weighted by molar-refractivity contribution is -0.678. The van der Waals surface area contributed by atoms with Crippen LogP contribution >= 0.6 is 0 Å². The molecule has 0 aliphatic rings. The zero-order valence-electron chi connectivity index (χ0n) is 15.8. The standard InChI is InChI=1S/C20H36N2O2/c1-3-4-5-6-7-8-9-10-11-12-14-19-21(2)17-18-22(19)16-13-15-20(23)24/h17-18H,3-16H2,1-2H3. The van der Waals surface area contributed by atoms with E-state index in [2.05, 4.69) is 35.5 Å². The van der Waals surface area contributed by atoms with Crippen LogP contribution < -0.4 is 9.67 Å². The van der Waals surface area contributed by atoms with Crippen LogP contribution in [-0.2, 0) is 24.8 Å². The number of unbranched alkanes of at least 4 members (excludes halogenated alkanes) is 9. The molecule has 0 saturated carbocycles. The average molecular weight is 337 g/mol. The maximum absolute atomic E-state index is 10.5. The molecule has 1 aromatic heterocycles. The Labute approximate surface area is 147 Å². The van der Waals surface area contributed by atoms with Crippen LogP contribution in [0.15, 0.2) is 12.4 Å². The van der Waals surface area contributed by atoms with Crippen LogP contribution in [0.5, 0.6) is 0 Å². The summed E-state index contributed by atoms with van der Waals surface area (Å²) >= 11 is 0. The fraction of sp³-hybridized carbons (Fsp3) is 0.800. The number of aliphatic carboxylic acids is 1. The number of carbonyl (C=O) groups is 1. The maximum atomic E-state index is 10.5. The summed E-state index contributed by atoms with van der Waals surface area (Å²) in [5, 5.41) is 10.5. The van der Waals surface area contributed by atoms with E-state index in [4.69, 9.17) is 0 Å². The van der Waals surface area contributed by atoms with E-state index in [-0.39, 0.29) is 6.42 Å². The monoisotopic (exact) mass is 336 g/mol. The number of aromatic nitrogens is 2. The molecule has 0 aliphatic carbocycles. The normalized spacial score (nSPS) is 11.1. The van der Waals surface area contributed by atoms with Crippen LogP contribution in [0.2, 0.25) is 0 Å². The maximum Gasteiger partial charge on any atom is 0.256 e. The summed E-state index contributed by atoms with van der Waals surface area (Å²) in [6, 6.07) is 0. The van der Waals surface area contributed by atoms with Gasteiger partial charge in [0.2, 0.25) is 0 Å². The number of hydrogen-bond acceptors (Lipinski definition) is 2. The average Bonchev–Trinajstić information content (AvgIpc) is 2.89. The molecule has 0 bridgehead atoms. The van der Waals surface area contributed by atoms with E-state index < -0.39 is 5.97 Å². The van der Waals surface area contributed by atoms with Crippen LogP contribution in [0, 0.1) is 0 Å². The molecule has 0 N–H and O–H groups in total. The third-order valence-electron chi connectivity index (χ3n) is 4.74. The van der Waals surface area contributed by atoms with E-state index in [1.807, 2.05) is 0 Å². The predicted octanol–water partition coefficient (Wildman–Crippen LogP) is 3.31. The van der Waals surface area contributed by atoms with E-state index in [0.717, 1.165) is 13.0 Å². The predicted molar refractivity (Wildman–Crippen MR) is 95.4 cm³/mol. The highest BCUT2D eigenvalue weighted by atomic mass is 16.4. The summed E-state index contributed by atoms with van der Waals surface area (Å²) in [6.07, 6.45) is 19.5. The second kappa shape index (κ2) is 13.0. The van der Waals surface area contributed by atoms with Gasteiger partial charge in [-0.1, -0.05) is 64.7 Å². The third-order valence-corrected chi connectivity index (χ3v) is 4.74. The smallest absolute Gasteiger partial charge is 0.256 e. The van der Waals surface area contributed by atoms with Crippen molar-refractivity contribution in [2.75, 3.05) is 0 Å². The van der Waals surface area contributed by atoms with Gasteiger partial charge in [0.05, 0.1) is 13.6 Å². The molecule has 138 valence electrons. The lowest BCUT2D eigenvalue weighted by Gasteiger charge is -2.05. The molecular weight excluding hydrogens is 300 g/mol. The van der Waals surface area contributed by atoms with E-state index in [9.17, 15) is 9.90 Å². The SMILES string of the molecule is CCCCCCCCCCCCc1n(CCCC(=O)[O-])cc[n+]1C. The minimum absolute atomic E-state index is 0.138. The fourth-order valence-corrected chi connectivity index (χ4v) is 3.24. The van der Waals surface area contributed by atoms with Crippen molar-refractivity contribution < 1.29 is 14.5 Å². The molecule has 0 aliphatic heterocycles. The van der Waals surface area contributed by atoms with Gasteiger partial charge in [0.15, 0.2) is 0 Å². The quantitative estimate of drug-likeness (QED) is 0.364. The summed E-state index contributed by atoms with van der Waals surface area (Å²) in [6.45, 7) is 3.03. The minimum atomic E-state index is -0.956. The summed E-state index contributed by atoms with van der Waals surface area (Å²) in [7, 11) is 2.07. The molecule has 1 rings (SSSR count). The molecule has 24 heavy (non-hydrogen) atoms. The Balaban J connectivity index is 2.12. The second-order valence-corrected chi connectivity index (χ2v) is 6.93. The van der Waals surface area contributed by atoms with Gasteiger partial charge >= 0.3 is 0 Å². The van der Waals surface area contributed by atoms with E-state index in [1.165, 1.54) is 70.0 Å². The molecule has 0 atom stereocenters. The van der Waals surface area contributed by atoms with Crippen LogP contribution in [-0.4, -0.2) is 10.5 Å². The van der Waals surface area contributed by atoms with Crippen molar-refractivity contribution in [2.24, 2.45) is 7.05 Å². The van der Waals surface area contributed by atoms with Gasteiger partial charge in [0.1, 0.15) is 12.4 Å². The fourth-order valence-electron chi connectivity index (χ4n) is 3.24. The minimum Gasteiger partial charge on any atom is -0.550 e. The number of aryl methyl sites for hydroxylation is 2. The molecule has 0 unspecified atom stereocenters. The lowest BCUT2D eigenvalue weighted by atomic mass is 10.1. The number of carboxylic acid groups (broad SMARTS) is 1. The largest absolute Gasteiger partial charge is 0.550 e. The number of nitrogens with zero attached hydrogens (tertiary/aromatic N) is 2. The van der Waals surface area contributed by atoms with Crippen LogP contribution in [0.25, 0.3) is 0 Å². The zero-order valence-corrected chi connectivity index (χ0v) is 15.8. The van der Waals surface area contributed by atoms with E-state index in [1.54, 1.807) is 0 Å². The van der Waals surface area contributed by atoms with Crippen LogP contribution in [0.4, 0.5) is 0 Å². The Hall–Kier alpha value is -1.32. The van der Waals surface area contributed by atoms with Gasteiger partial charge in [-0.15, -0.1) is 0 Å². The van der Waals surface area contributed by atoms with Crippen LogP contribution in [0.3, 0.4) is 0 Å². The summed E-state index contributed by atoms with van der Waals surface area (Å²) in [5.74, 6) is 0.343. The first kappa shape index (κ1) is 20.7. The topological polar surface area (TPSA) is 48.9 Å². The van der Waals surface area contributed by atoms with Crippen molar-refractivity contribution in [3.05, 3.63) is 18.2 Å². The van der Waals surface area contributed by atoms with Crippen molar-refractivity contribution in [1.29, 1.82) is 0 Å². The molecule has 0 saturated heterocycles. The van der Waals surface area contributed by atoms with Crippen molar-refractivity contribution in [3.63, 3.8) is 0 Å². The van der Waals surface area contributed by atoms with Gasteiger partial charge in [0, 0.05) is 12.4 Å². The van der Waals surface area contributed by atoms with Crippen LogP contribution in [0.1, 0.15) is 89.8 Å². The highest BCUT2D eigenvalue weighted by Crippen LogP contribution is 2.12. The van der Waals surface area contributed by atoms with Gasteiger partial charge in [0.25, 0.3) is 5.82 Å². The Kier molecular flexibility index (Phi) is 11.2. The molecule has 0 amide bonds. The Morgan fingerprint density at radius 3 is 2.17 bits per heavy atom. The zero-order chi connectivity index (χ0) is 17.6. The van der Waals surface area contributed by atoms with Gasteiger partial charge < -0.3 is 9.90 Å². The molecule has 1 aromatic rings. The number of imidazole rings is 1. The van der Waals surface area contributed by atoms with Crippen molar-refractivity contribution >= 4 is 5.97 Å².